The van der Waals surface area contributed by atoms with Gasteiger partial charge in [-0.2, -0.15) is 0 Å². The summed E-state index contributed by atoms with van der Waals surface area (Å²) in [6.07, 6.45) is 6.08. The van der Waals surface area contributed by atoms with Gasteiger partial charge >= 0.3 is 0 Å². The SMILES string of the molecule is CCCCCC(C)(C)CNC(=NC)NCC(C)(C)NS(C)(=O)=O.I. The zero-order chi connectivity index (χ0) is 18.1. The third-order valence-electron chi connectivity index (χ3n) is 3.57. The molecule has 0 aromatic rings. The van der Waals surface area contributed by atoms with Crippen molar-refractivity contribution < 1.29 is 8.42 Å². The van der Waals surface area contributed by atoms with Crippen LogP contribution in [-0.2, 0) is 10.0 Å². The van der Waals surface area contributed by atoms with Crippen LogP contribution in [0.1, 0.15) is 60.3 Å². The summed E-state index contributed by atoms with van der Waals surface area (Å²) in [5.41, 5.74) is -0.380. The monoisotopic (exact) mass is 476 g/mol. The largest absolute Gasteiger partial charge is 0.356 e. The molecule has 0 aromatic heterocycles. The van der Waals surface area contributed by atoms with Gasteiger partial charge in [-0.1, -0.05) is 40.0 Å². The third kappa shape index (κ3) is 14.3. The molecule has 8 heteroatoms. The van der Waals surface area contributed by atoms with E-state index in [1.165, 1.54) is 31.9 Å². The Kier molecular flexibility index (Phi) is 12.5. The Balaban J connectivity index is 0. The molecular weight excluding hydrogens is 439 g/mol. The van der Waals surface area contributed by atoms with Crippen molar-refractivity contribution in [3.8, 4) is 0 Å². The highest BCUT2D eigenvalue weighted by Gasteiger charge is 2.23. The molecule has 0 saturated carbocycles. The molecule has 0 radical (unpaired) electrons. The lowest BCUT2D eigenvalue weighted by Gasteiger charge is -2.29. The van der Waals surface area contributed by atoms with Crippen LogP contribution in [0, 0.1) is 5.41 Å². The van der Waals surface area contributed by atoms with Crippen molar-refractivity contribution in [2.45, 2.75) is 65.8 Å². The summed E-state index contributed by atoms with van der Waals surface area (Å²) < 4.78 is 25.3. The van der Waals surface area contributed by atoms with E-state index < -0.39 is 15.6 Å². The predicted molar refractivity (Wildman–Crippen MR) is 115 cm³/mol. The van der Waals surface area contributed by atoms with Gasteiger partial charge in [-0.05, 0) is 25.7 Å². The molecule has 24 heavy (non-hydrogen) atoms. The lowest BCUT2D eigenvalue weighted by atomic mass is 9.87. The van der Waals surface area contributed by atoms with E-state index in [0.717, 1.165) is 6.54 Å². The lowest BCUT2D eigenvalue weighted by molar-refractivity contribution is 0.318. The summed E-state index contributed by atoms with van der Waals surface area (Å²) in [5, 5.41) is 6.52. The summed E-state index contributed by atoms with van der Waals surface area (Å²) >= 11 is 0. The van der Waals surface area contributed by atoms with Crippen LogP contribution in [0.5, 0.6) is 0 Å². The number of guanidine groups is 1. The summed E-state index contributed by atoms with van der Waals surface area (Å²) in [6, 6.07) is 0. The van der Waals surface area contributed by atoms with Crippen LogP contribution in [0.4, 0.5) is 0 Å². The van der Waals surface area contributed by atoms with Crippen molar-refractivity contribution in [1.29, 1.82) is 0 Å². The van der Waals surface area contributed by atoms with E-state index in [0.29, 0.717) is 12.5 Å². The Hall–Kier alpha value is -0.0900. The quantitative estimate of drug-likeness (QED) is 0.196. The van der Waals surface area contributed by atoms with Gasteiger partial charge in [0.2, 0.25) is 10.0 Å². The van der Waals surface area contributed by atoms with E-state index in [9.17, 15) is 8.42 Å². The van der Waals surface area contributed by atoms with Crippen LogP contribution >= 0.6 is 24.0 Å². The Labute approximate surface area is 166 Å². The highest BCUT2D eigenvalue weighted by atomic mass is 127. The van der Waals surface area contributed by atoms with E-state index in [2.05, 4.69) is 41.1 Å². The minimum Gasteiger partial charge on any atom is -0.356 e. The summed E-state index contributed by atoms with van der Waals surface area (Å²) in [4.78, 5) is 4.20. The number of sulfonamides is 1. The molecule has 0 aliphatic heterocycles. The molecule has 0 aliphatic rings. The molecule has 0 unspecified atom stereocenters. The fraction of sp³-hybridized carbons (Fsp3) is 0.938. The zero-order valence-corrected chi connectivity index (χ0v) is 19.5. The molecule has 0 aromatic carbocycles. The summed E-state index contributed by atoms with van der Waals surface area (Å²) in [7, 11) is -1.52. The first-order valence-electron chi connectivity index (χ1n) is 8.34. The molecule has 146 valence electrons. The van der Waals surface area contributed by atoms with Crippen molar-refractivity contribution in [2.24, 2.45) is 10.4 Å². The minimum atomic E-state index is -3.24. The van der Waals surface area contributed by atoms with Gasteiger partial charge in [0.25, 0.3) is 0 Å². The maximum atomic E-state index is 11.4. The number of nitrogens with one attached hydrogen (secondary N) is 3. The average molecular weight is 476 g/mol. The van der Waals surface area contributed by atoms with Crippen LogP contribution in [-0.4, -0.2) is 46.3 Å². The molecule has 0 spiro atoms. The number of halogens is 1. The lowest BCUT2D eigenvalue weighted by Crippen LogP contribution is -2.53. The van der Waals surface area contributed by atoms with Gasteiger partial charge in [-0.3, -0.25) is 4.99 Å². The Morgan fingerprint density at radius 1 is 1.04 bits per heavy atom. The first-order chi connectivity index (χ1) is 10.4. The Bertz CT molecular complexity index is 476. The summed E-state index contributed by atoms with van der Waals surface area (Å²) in [6.45, 7) is 11.7. The second-order valence-electron chi connectivity index (χ2n) is 7.66. The molecule has 0 rings (SSSR count). The fourth-order valence-corrected chi connectivity index (χ4v) is 3.40. The molecule has 0 aliphatic carbocycles. The molecule has 6 nitrogen and oxygen atoms in total. The standard InChI is InChI=1S/C16H36N4O2S.HI/c1-8-9-10-11-15(2,3)12-18-14(17-6)19-13-16(4,5)20-23(7,21)22;/h20H,8-13H2,1-7H3,(H2,17,18,19);1H. The van der Waals surface area contributed by atoms with Gasteiger partial charge in [0.15, 0.2) is 5.96 Å². The maximum Gasteiger partial charge on any atom is 0.209 e. The molecule has 3 N–H and O–H groups in total. The van der Waals surface area contributed by atoms with Crippen LogP contribution in [0.15, 0.2) is 4.99 Å². The van der Waals surface area contributed by atoms with Crippen molar-refractivity contribution in [3.63, 3.8) is 0 Å². The molecule has 0 amide bonds. The molecule has 0 fully saturated rings. The third-order valence-corrected chi connectivity index (χ3v) is 4.50. The number of unbranched alkanes of at least 4 members (excludes halogenated alkanes) is 2. The number of nitrogens with zero attached hydrogens (tertiary/aromatic N) is 1. The number of hydrogen-bond donors (Lipinski definition) is 3. The second-order valence-corrected chi connectivity index (χ2v) is 9.41. The van der Waals surface area contributed by atoms with E-state index in [1.807, 2.05) is 13.8 Å². The smallest absolute Gasteiger partial charge is 0.209 e. The minimum absolute atomic E-state index is 0. The number of hydrogen-bond acceptors (Lipinski definition) is 3. The van der Waals surface area contributed by atoms with Gasteiger partial charge in [0, 0.05) is 25.7 Å². The van der Waals surface area contributed by atoms with E-state index in [1.54, 1.807) is 7.05 Å². The highest BCUT2D eigenvalue weighted by molar-refractivity contribution is 14.0. The first kappa shape index (κ1) is 26.1. The fourth-order valence-electron chi connectivity index (χ4n) is 2.33. The predicted octanol–water partition coefficient (Wildman–Crippen LogP) is 2.70. The van der Waals surface area contributed by atoms with Crippen LogP contribution < -0.4 is 15.4 Å². The topological polar surface area (TPSA) is 82.6 Å². The molecular formula is C16H37IN4O2S. The maximum absolute atomic E-state index is 11.4. The van der Waals surface area contributed by atoms with Crippen LogP contribution in [0.3, 0.4) is 0 Å². The Morgan fingerprint density at radius 2 is 1.58 bits per heavy atom. The van der Waals surface area contributed by atoms with Crippen molar-refractivity contribution in [2.75, 3.05) is 26.4 Å². The van der Waals surface area contributed by atoms with Crippen molar-refractivity contribution in [1.82, 2.24) is 15.4 Å². The Morgan fingerprint density at radius 3 is 2.04 bits per heavy atom. The van der Waals surface area contributed by atoms with Gasteiger partial charge in [-0.15, -0.1) is 24.0 Å². The molecule has 0 atom stereocenters. The van der Waals surface area contributed by atoms with Crippen LogP contribution in [0.2, 0.25) is 0 Å². The number of rotatable bonds is 10. The van der Waals surface area contributed by atoms with Crippen molar-refractivity contribution >= 4 is 40.0 Å². The normalized spacial score (nSPS) is 13.4. The summed E-state index contributed by atoms with van der Waals surface area (Å²) in [5.74, 6) is 0.692. The van der Waals surface area contributed by atoms with Crippen molar-refractivity contribution in [3.05, 3.63) is 0 Å². The number of aliphatic imine (C=N–C) groups is 1. The van der Waals surface area contributed by atoms with Crippen LogP contribution in [0.25, 0.3) is 0 Å². The van der Waals surface area contributed by atoms with E-state index in [-0.39, 0.29) is 29.4 Å². The molecule has 0 bridgehead atoms. The molecule has 0 heterocycles. The average Bonchev–Trinajstić information content (AvgIpc) is 2.36. The van der Waals surface area contributed by atoms with Gasteiger partial charge < -0.3 is 10.6 Å². The highest BCUT2D eigenvalue weighted by Crippen LogP contribution is 2.22. The van der Waals surface area contributed by atoms with E-state index in [4.69, 9.17) is 0 Å². The van der Waals surface area contributed by atoms with E-state index >= 15 is 0 Å². The zero-order valence-electron chi connectivity index (χ0n) is 16.3. The van der Waals surface area contributed by atoms with Gasteiger partial charge in [0.1, 0.15) is 0 Å². The van der Waals surface area contributed by atoms with Gasteiger partial charge in [-0.25, -0.2) is 13.1 Å². The van der Waals surface area contributed by atoms with Gasteiger partial charge in [0.05, 0.1) is 6.26 Å². The molecule has 0 saturated heterocycles. The second kappa shape index (κ2) is 11.5. The first-order valence-corrected chi connectivity index (χ1v) is 10.2.